The van der Waals surface area contributed by atoms with Gasteiger partial charge in [-0.3, -0.25) is 0 Å². The molecule has 0 aliphatic carbocycles. The highest BCUT2D eigenvalue weighted by Crippen LogP contribution is 2.16. The van der Waals surface area contributed by atoms with E-state index in [-0.39, 0.29) is 0 Å². The SMILES string of the molecule is C#CCCCC(C)(O)CCN. The minimum Gasteiger partial charge on any atom is -0.390 e. The number of hydrogen-bond acceptors (Lipinski definition) is 2. The highest BCUT2D eigenvalue weighted by atomic mass is 16.3. The molecule has 2 nitrogen and oxygen atoms in total. The van der Waals surface area contributed by atoms with Gasteiger partial charge in [-0.2, -0.15) is 0 Å². The molecule has 2 heteroatoms. The highest BCUT2D eigenvalue weighted by Gasteiger charge is 2.17. The molecule has 0 amide bonds. The molecule has 0 aromatic heterocycles. The van der Waals surface area contributed by atoms with E-state index in [4.69, 9.17) is 12.2 Å². The Balaban J connectivity index is 3.48. The molecule has 0 aliphatic heterocycles. The average molecular weight is 155 g/mol. The van der Waals surface area contributed by atoms with Crippen molar-refractivity contribution in [1.82, 2.24) is 0 Å². The van der Waals surface area contributed by atoms with Crippen LogP contribution in [0.4, 0.5) is 0 Å². The number of aliphatic hydroxyl groups is 1. The van der Waals surface area contributed by atoms with Crippen molar-refractivity contribution in [2.75, 3.05) is 6.54 Å². The van der Waals surface area contributed by atoms with Gasteiger partial charge in [-0.15, -0.1) is 12.3 Å². The number of unbranched alkanes of at least 4 members (excludes halogenated alkanes) is 1. The van der Waals surface area contributed by atoms with E-state index < -0.39 is 5.60 Å². The van der Waals surface area contributed by atoms with E-state index in [1.807, 2.05) is 0 Å². The fraction of sp³-hybridized carbons (Fsp3) is 0.778. The lowest BCUT2D eigenvalue weighted by atomic mass is 9.95. The van der Waals surface area contributed by atoms with Gasteiger partial charge in [-0.25, -0.2) is 0 Å². The Morgan fingerprint density at radius 2 is 2.18 bits per heavy atom. The van der Waals surface area contributed by atoms with Crippen LogP contribution in [0, 0.1) is 12.3 Å². The van der Waals surface area contributed by atoms with Crippen LogP contribution in [0.15, 0.2) is 0 Å². The maximum Gasteiger partial charge on any atom is 0.0632 e. The van der Waals surface area contributed by atoms with Gasteiger partial charge in [0.2, 0.25) is 0 Å². The summed E-state index contributed by atoms with van der Waals surface area (Å²) < 4.78 is 0. The predicted molar refractivity (Wildman–Crippen MR) is 47.0 cm³/mol. The van der Waals surface area contributed by atoms with E-state index in [0.717, 1.165) is 19.3 Å². The van der Waals surface area contributed by atoms with Gasteiger partial charge >= 0.3 is 0 Å². The fourth-order valence-electron chi connectivity index (χ4n) is 1.01. The second-order valence-corrected chi connectivity index (χ2v) is 3.09. The molecule has 0 heterocycles. The first-order chi connectivity index (χ1) is 5.12. The van der Waals surface area contributed by atoms with Gasteiger partial charge in [0.05, 0.1) is 5.60 Å². The summed E-state index contributed by atoms with van der Waals surface area (Å²) in [6.45, 7) is 2.33. The zero-order valence-corrected chi connectivity index (χ0v) is 7.14. The van der Waals surface area contributed by atoms with Crippen LogP contribution in [0.3, 0.4) is 0 Å². The third-order valence-electron chi connectivity index (χ3n) is 1.72. The van der Waals surface area contributed by atoms with Gasteiger partial charge in [-0.1, -0.05) is 0 Å². The Bertz CT molecular complexity index is 135. The molecule has 0 aliphatic rings. The first-order valence-corrected chi connectivity index (χ1v) is 3.98. The van der Waals surface area contributed by atoms with Crippen molar-refractivity contribution in [3.05, 3.63) is 0 Å². The monoisotopic (exact) mass is 155 g/mol. The molecular formula is C9H17NO. The molecule has 0 aromatic carbocycles. The standard InChI is InChI=1S/C9H17NO/c1-3-4-5-6-9(2,11)7-8-10/h1,11H,4-8,10H2,2H3. The van der Waals surface area contributed by atoms with Crippen LogP contribution < -0.4 is 5.73 Å². The Morgan fingerprint density at radius 3 is 2.64 bits per heavy atom. The van der Waals surface area contributed by atoms with Crippen molar-refractivity contribution in [3.8, 4) is 12.3 Å². The van der Waals surface area contributed by atoms with Crippen molar-refractivity contribution in [3.63, 3.8) is 0 Å². The molecule has 1 atom stereocenters. The zero-order valence-electron chi connectivity index (χ0n) is 7.14. The third-order valence-corrected chi connectivity index (χ3v) is 1.72. The molecule has 0 fully saturated rings. The fourth-order valence-corrected chi connectivity index (χ4v) is 1.01. The smallest absolute Gasteiger partial charge is 0.0632 e. The number of hydrogen-bond donors (Lipinski definition) is 2. The maximum atomic E-state index is 9.59. The third kappa shape index (κ3) is 5.90. The largest absolute Gasteiger partial charge is 0.390 e. The molecule has 0 saturated carbocycles. The first-order valence-electron chi connectivity index (χ1n) is 3.98. The van der Waals surface area contributed by atoms with E-state index in [1.165, 1.54) is 0 Å². The summed E-state index contributed by atoms with van der Waals surface area (Å²) >= 11 is 0. The molecule has 11 heavy (non-hydrogen) atoms. The second-order valence-electron chi connectivity index (χ2n) is 3.09. The van der Waals surface area contributed by atoms with Crippen LogP contribution in [-0.4, -0.2) is 17.3 Å². The predicted octanol–water partition coefficient (Wildman–Crippen LogP) is 0.890. The lowest BCUT2D eigenvalue weighted by molar-refractivity contribution is 0.0429. The number of nitrogens with two attached hydrogens (primary N) is 1. The number of terminal acetylenes is 1. The van der Waals surface area contributed by atoms with Gasteiger partial charge in [0.15, 0.2) is 0 Å². The van der Waals surface area contributed by atoms with Crippen molar-refractivity contribution in [1.29, 1.82) is 0 Å². The van der Waals surface area contributed by atoms with Crippen LogP contribution in [-0.2, 0) is 0 Å². The quantitative estimate of drug-likeness (QED) is 0.457. The van der Waals surface area contributed by atoms with Crippen LogP contribution >= 0.6 is 0 Å². The lowest BCUT2D eigenvalue weighted by Gasteiger charge is -2.21. The molecule has 0 spiro atoms. The Morgan fingerprint density at radius 1 is 1.55 bits per heavy atom. The molecular weight excluding hydrogens is 138 g/mol. The van der Waals surface area contributed by atoms with Crippen molar-refractivity contribution in [2.24, 2.45) is 5.73 Å². The van der Waals surface area contributed by atoms with Gasteiger partial charge in [0, 0.05) is 6.42 Å². The summed E-state index contributed by atoms with van der Waals surface area (Å²) in [5.74, 6) is 2.54. The summed E-state index contributed by atoms with van der Waals surface area (Å²) in [6, 6.07) is 0. The van der Waals surface area contributed by atoms with E-state index in [0.29, 0.717) is 13.0 Å². The zero-order chi connectivity index (χ0) is 8.74. The lowest BCUT2D eigenvalue weighted by Crippen LogP contribution is -2.27. The van der Waals surface area contributed by atoms with E-state index >= 15 is 0 Å². The minimum atomic E-state index is -0.619. The maximum absolute atomic E-state index is 9.59. The molecule has 0 aromatic rings. The molecule has 0 rings (SSSR count). The molecule has 3 N–H and O–H groups in total. The van der Waals surface area contributed by atoms with E-state index in [1.54, 1.807) is 6.92 Å². The van der Waals surface area contributed by atoms with Gasteiger partial charge in [-0.05, 0) is 32.7 Å². The van der Waals surface area contributed by atoms with Crippen LogP contribution in [0.2, 0.25) is 0 Å². The summed E-state index contributed by atoms with van der Waals surface area (Å²) in [7, 11) is 0. The first kappa shape index (κ1) is 10.5. The van der Waals surface area contributed by atoms with Gasteiger partial charge in [0.25, 0.3) is 0 Å². The van der Waals surface area contributed by atoms with Crippen molar-refractivity contribution in [2.45, 2.75) is 38.2 Å². The van der Waals surface area contributed by atoms with E-state index in [9.17, 15) is 5.11 Å². The second kappa shape index (κ2) is 5.17. The molecule has 1 unspecified atom stereocenters. The molecule has 0 bridgehead atoms. The van der Waals surface area contributed by atoms with Gasteiger partial charge < -0.3 is 10.8 Å². The van der Waals surface area contributed by atoms with E-state index in [2.05, 4.69) is 5.92 Å². The van der Waals surface area contributed by atoms with Crippen LogP contribution in [0.1, 0.15) is 32.6 Å². The summed E-state index contributed by atoms with van der Waals surface area (Å²) in [5, 5.41) is 9.59. The normalized spacial score (nSPS) is 15.5. The van der Waals surface area contributed by atoms with Crippen LogP contribution in [0.5, 0.6) is 0 Å². The summed E-state index contributed by atoms with van der Waals surface area (Å²) in [5.41, 5.74) is 4.70. The minimum absolute atomic E-state index is 0.531. The highest BCUT2D eigenvalue weighted by molar-refractivity contribution is 4.84. The van der Waals surface area contributed by atoms with Crippen molar-refractivity contribution >= 4 is 0 Å². The number of rotatable bonds is 5. The van der Waals surface area contributed by atoms with Gasteiger partial charge in [0.1, 0.15) is 0 Å². The summed E-state index contributed by atoms with van der Waals surface area (Å²) in [6.07, 6.45) is 8.09. The van der Waals surface area contributed by atoms with Crippen LogP contribution in [0.25, 0.3) is 0 Å². The topological polar surface area (TPSA) is 46.2 Å². The molecule has 0 saturated heterocycles. The summed E-state index contributed by atoms with van der Waals surface area (Å²) in [4.78, 5) is 0. The molecule has 64 valence electrons. The Labute approximate surface area is 68.8 Å². The Kier molecular flexibility index (Phi) is 4.93. The Hall–Kier alpha value is -0.520. The van der Waals surface area contributed by atoms with Crippen molar-refractivity contribution < 1.29 is 5.11 Å². The average Bonchev–Trinajstić information content (AvgIpc) is 1.87. The molecule has 0 radical (unpaired) electrons.